The lowest BCUT2D eigenvalue weighted by atomic mass is 9.96. The lowest BCUT2D eigenvalue weighted by molar-refractivity contribution is 0.461. The van der Waals surface area contributed by atoms with Crippen molar-refractivity contribution in [2.24, 2.45) is 0 Å². The third-order valence-electron chi connectivity index (χ3n) is 4.04. The van der Waals surface area contributed by atoms with Gasteiger partial charge in [-0.25, -0.2) is 4.98 Å². The summed E-state index contributed by atoms with van der Waals surface area (Å²) in [4.78, 5) is 9.44. The van der Waals surface area contributed by atoms with Crippen LogP contribution in [0.2, 0.25) is 0 Å². The fraction of sp³-hybridized carbons (Fsp3) is 0.556. The first-order chi connectivity index (χ1) is 10.5. The number of nitrogens with zero attached hydrogens (tertiary/aromatic N) is 2. The zero-order valence-electron chi connectivity index (χ0n) is 13.8. The number of hydrogen-bond acceptors (Lipinski definition) is 4. The number of rotatable bonds is 3. The Bertz CT molecular complexity index is 639. The highest BCUT2D eigenvalue weighted by Crippen LogP contribution is 2.26. The van der Waals surface area contributed by atoms with Crippen LogP contribution in [0.15, 0.2) is 24.3 Å². The third kappa shape index (κ3) is 3.67. The van der Waals surface area contributed by atoms with Gasteiger partial charge in [0, 0.05) is 17.0 Å². The van der Waals surface area contributed by atoms with Crippen molar-refractivity contribution in [1.82, 2.24) is 9.97 Å². The molecule has 4 heteroatoms. The van der Waals surface area contributed by atoms with Crippen LogP contribution in [0.5, 0.6) is 0 Å². The van der Waals surface area contributed by atoms with Crippen molar-refractivity contribution < 1.29 is 0 Å². The number of para-hydroxylation sites is 1. The smallest absolute Gasteiger partial charge is 0.225 e. The quantitative estimate of drug-likeness (QED) is 0.870. The molecule has 0 spiro atoms. The Morgan fingerprint density at radius 1 is 1.00 bits per heavy atom. The lowest BCUT2D eigenvalue weighted by Gasteiger charge is -2.25. The van der Waals surface area contributed by atoms with Crippen LogP contribution >= 0.6 is 0 Å². The number of aromatic nitrogens is 2. The molecule has 1 aliphatic rings. The zero-order chi connectivity index (χ0) is 15.6. The third-order valence-corrected chi connectivity index (χ3v) is 4.04. The molecule has 3 rings (SSSR count). The summed E-state index contributed by atoms with van der Waals surface area (Å²) < 4.78 is 0. The Balaban J connectivity index is 1.93. The normalized spacial score (nSPS) is 16.7. The molecule has 118 valence electrons. The molecule has 1 fully saturated rings. The van der Waals surface area contributed by atoms with Gasteiger partial charge in [-0.15, -0.1) is 0 Å². The van der Waals surface area contributed by atoms with Crippen molar-refractivity contribution in [2.45, 2.75) is 64.5 Å². The van der Waals surface area contributed by atoms with Crippen LogP contribution in [0.4, 0.5) is 11.8 Å². The molecule has 0 atom stereocenters. The Hall–Kier alpha value is -1.84. The summed E-state index contributed by atoms with van der Waals surface area (Å²) in [5.74, 6) is 1.66. The molecule has 0 unspecified atom stereocenters. The molecule has 1 aliphatic carbocycles. The SMILES string of the molecule is CC(C)(C)Nc1nc(NC2CCCCC2)nc2ccccc12. The Morgan fingerprint density at radius 2 is 1.73 bits per heavy atom. The number of hydrogen-bond donors (Lipinski definition) is 2. The summed E-state index contributed by atoms with van der Waals surface area (Å²) in [6.07, 6.45) is 6.40. The van der Waals surface area contributed by atoms with Crippen molar-refractivity contribution in [3.05, 3.63) is 24.3 Å². The van der Waals surface area contributed by atoms with Gasteiger partial charge in [-0.1, -0.05) is 31.4 Å². The molecule has 22 heavy (non-hydrogen) atoms. The molecule has 0 aliphatic heterocycles. The first-order valence-corrected chi connectivity index (χ1v) is 8.33. The zero-order valence-corrected chi connectivity index (χ0v) is 13.8. The van der Waals surface area contributed by atoms with Gasteiger partial charge in [-0.3, -0.25) is 0 Å². The van der Waals surface area contributed by atoms with E-state index >= 15 is 0 Å². The van der Waals surface area contributed by atoms with E-state index < -0.39 is 0 Å². The molecule has 0 amide bonds. The molecule has 1 heterocycles. The molecule has 4 nitrogen and oxygen atoms in total. The van der Waals surface area contributed by atoms with Gasteiger partial charge in [-0.05, 0) is 45.7 Å². The standard InChI is InChI=1S/C18H26N4/c1-18(2,3)22-16-14-11-7-8-12-15(14)20-17(21-16)19-13-9-5-4-6-10-13/h7-8,11-13H,4-6,9-10H2,1-3H3,(H2,19,20,21,22). The molecule has 2 N–H and O–H groups in total. The average molecular weight is 298 g/mol. The average Bonchev–Trinajstić information content (AvgIpc) is 2.47. The van der Waals surface area contributed by atoms with Crippen molar-refractivity contribution >= 4 is 22.7 Å². The van der Waals surface area contributed by atoms with Crippen molar-refractivity contribution in [1.29, 1.82) is 0 Å². The fourth-order valence-electron chi connectivity index (χ4n) is 3.02. The van der Waals surface area contributed by atoms with Crippen LogP contribution in [-0.2, 0) is 0 Å². The van der Waals surface area contributed by atoms with E-state index in [0.29, 0.717) is 6.04 Å². The van der Waals surface area contributed by atoms with Gasteiger partial charge < -0.3 is 10.6 Å². The second-order valence-electron chi connectivity index (χ2n) is 7.27. The van der Waals surface area contributed by atoms with Gasteiger partial charge >= 0.3 is 0 Å². The van der Waals surface area contributed by atoms with Crippen molar-refractivity contribution in [3.8, 4) is 0 Å². The van der Waals surface area contributed by atoms with Crippen LogP contribution in [0.1, 0.15) is 52.9 Å². The summed E-state index contributed by atoms with van der Waals surface area (Å²) in [7, 11) is 0. The maximum absolute atomic E-state index is 4.75. The predicted molar refractivity (Wildman–Crippen MR) is 93.4 cm³/mol. The second-order valence-corrected chi connectivity index (χ2v) is 7.27. The maximum Gasteiger partial charge on any atom is 0.225 e. The fourth-order valence-corrected chi connectivity index (χ4v) is 3.02. The van der Waals surface area contributed by atoms with Gasteiger partial charge in [0.05, 0.1) is 5.52 Å². The van der Waals surface area contributed by atoms with Crippen LogP contribution in [0.25, 0.3) is 10.9 Å². The summed E-state index contributed by atoms with van der Waals surface area (Å²) in [5, 5.41) is 8.12. The van der Waals surface area contributed by atoms with Crippen molar-refractivity contribution in [3.63, 3.8) is 0 Å². The summed E-state index contributed by atoms with van der Waals surface area (Å²) >= 11 is 0. The first kappa shape index (κ1) is 15.1. The lowest BCUT2D eigenvalue weighted by Crippen LogP contribution is -2.28. The molecule has 1 aromatic carbocycles. The van der Waals surface area contributed by atoms with E-state index in [0.717, 1.165) is 22.7 Å². The maximum atomic E-state index is 4.75. The molecule has 0 saturated heterocycles. The van der Waals surface area contributed by atoms with Crippen LogP contribution in [0.3, 0.4) is 0 Å². The number of nitrogens with one attached hydrogen (secondary N) is 2. The summed E-state index contributed by atoms with van der Waals surface area (Å²) in [6, 6.07) is 8.70. The van der Waals surface area contributed by atoms with Gasteiger partial charge in [0.1, 0.15) is 5.82 Å². The minimum atomic E-state index is -0.0285. The minimum Gasteiger partial charge on any atom is -0.365 e. The van der Waals surface area contributed by atoms with Gasteiger partial charge in [0.15, 0.2) is 0 Å². The monoisotopic (exact) mass is 298 g/mol. The second kappa shape index (κ2) is 6.11. The Kier molecular flexibility index (Phi) is 4.19. The number of benzene rings is 1. The van der Waals surface area contributed by atoms with E-state index in [1.54, 1.807) is 0 Å². The van der Waals surface area contributed by atoms with E-state index in [2.05, 4.69) is 43.5 Å². The highest BCUT2D eigenvalue weighted by atomic mass is 15.2. The minimum absolute atomic E-state index is 0.0285. The van der Waals surface area contributed by atoms with Crippen LogP contribution < -0.4 is 10.6 Å². The first-order valence-electron chi connectivity index (χ1n) is 8.33. The van der Waals surface area contributed by atoms with Crippen LogP contribution in [-0.4, -0.2) is 21.5 Å². The molecular weight excluding hydrogens is 272 g/mol. The van der Waals surface area contributed by atoms with E-state index in [1.807, 2.05) is 12.1 Å². The topological polar surface area (TPSA) is 49.8 Å². The molecule has 1 saturated carbocycles. The largest absolute Gasteiger partial charge is 0.365 e. The molecule has 1 aromatic heterocycles. The number of fused-ring (bicyclic) bond motifs is 1. The van der Waals surface area contributed by atoms with Crippen molar-refractivity contribution in [2.75, 3.05) is 10.6 Å². The highest BCUT2D eigenvalue weighted by molar-refractivity contribution is 5.90. The molecule has 0 radical (unpaired) electrons. The number of anilines is 2. The van der Waals surface area contributed by atoms with E-state index in [-0.39, 0.29) is 5.54 Å². The Morgan fingerprint density at radius 3 is 2.45 bits per heavy atom. The van der Waals surface area contributed by atoms with Gasteiger partial charge in [0.25, 0.3) is 0 Å². The van der Waals surface area contributed by atoms with E-state index in [1.165, 1.54) is 32.1 Å². The summed E-state index contributed by atoms with van der Waals surface area (Å²) in [6.45, 7) is 6.45. The van der Waals surface area contributed by atoms with E-state index in [9.17, 15) is 0 Å². The van der Waals surface area contributed by atoms with Crippen LogP contribution in [0, 0.1) is 0 Å². The van der Waals surface area contributed by atoms with E-state index in [4.69, 9.17) is 9.97 Å². The van der Waals surface area contributed by atoms with Gasteiger partial charge in [0.2, 0.25) is 5.95 Å². The predicted octanol–water partition coefficient (Wildman–Crippen LogP) is 4.58. The molecule has 0 bridgehead atoms. The Labute approximate surface area is 132 Å². The van der Waals surface area contributed by atoms with Gasteiger partial charge in [-0.2, -0.15) is 4.98 Å². The summed E-state index contributed by atoms with van der Waals surface area (Å²) in [5.41, 5.74) is 0.960. The molecular formula is C18H26N4. The molecule has 2 aromatic rings. The highest BCUT2D eigenvalue weighted by Gasteiger charge is 2.17.